The van der Waals surface area contributed by atoms with Crippen molar-refractivity contribution in [1.29, 1.82) is 0 Å². The zero-order valence-electron chi connectivity index (χ0n) is 20.6. The third-order valence-electron chi connectivity index (χ3n) is 10.8. The van der Waals surface area contributed by atoms with Crippen molar-refractivity contribution in [3.05, 3.63) is 35.5 Å². The van der Waals surface area contributed by atoms with Crippen molar-refractivity contribution >= 4 is 0 Å². The fourth-order valence-electron chi connectivity index (χ4n) is 8.07. The highest BCUT2D eigenvalue weighted by Crippen LogP contribution is 2.70. The molecule has 0 bridgehead atoms. The van der Waals surface area contributed by atoms with Crippen LogP contribution >= 0.6 is 0 Å². The number of hydrogen-bond acceptors (Lipinski definition) is 1. The summed E-state index contributed by atoms with van der Waals surface area (Å²) >= 11 is 0. The first kappa shape index (κ1) is 22.4. The van der Waals surface area contributed by atoms with Crippen LogP contribution in [-0.4, -0.2) is 11.2 Å². The van der Waals surface area contributed by atoms with Crippen LogP contribution in [0.3, 0.4) is 0 Å². The van der Waals surface area contributed by atoms with Crippen LogP contribution in [0, 0.1) is 39.9 Å². The highest BCUT2D eigenvalue weighted by atomic mass is 16.3. The minimum atomic E-state index is -0.112. The van der Waals surface area contributed by atoms with Gasteiger partial charge in [0, 0.05) is 0 Å². The minimum absolute atomic E-state index is 0.112. The molecule has 168 valence electrons. The highest BCUT2D eigenvalue weighted by molar-refractivity contribution is 5.49. The molecule has 4 aliphatic rings. The summed E-state index contributed by atoms with van der Waals surface area (Å²) in [4.78, 5) is 0. The summed E-state index contributed by atoms with van der Waals surface area (Å²) < 4.78 is 0. The molecule has 1 heteroatoms. The number of allylic oxidation sites excluding steroid dienone is 5. The molecule has 2 fully saturated rings. The van der Waals surface area contributed by atoms with Gasteiger partial charge in [0.25, 0.3) is 0 Å². The molecule has 0 aromatic rings. The Morgan fingerprint density at radius 1 is 1.13 bits per heavy atom. The lowest BCUT2D eigenvalue weighted by molar-refractivity contribution is -0.0237. The predicted octanol–water partition coefficient (Wildman–Crippen LogP) is 7.87. The molecule has 0 saturated heterocycles. The number of fused-ring (bicyclic) bond motifs is 5. The van der Waals surface area contributed by atoms with E-state index in [1.54, 1.807) is 11.1 Å². The van der Waals surface area contributed by atoms with Crippen molar-refractivity contribution in [1.82, 2.24) is 0 Å². The molecule has 1 N–H and O–H groups in total. The van der Waals surface area contributed by atoms with Gasteiger partial charge in [-0.25, -0.2) is 0 Å². The van der Waals surface area contributed by atoms with Gasteiger partial charge in [0.2, 0.25) is 0 Å². The number of aliphatic hydroxyl groups is 1. The third kappa shape index (κ3) is 3.13. The maximum Gasteiger partial charge on any atom is 0.0569 e. The molecule has 2 unspecified atom stereocenters. The van der Waals surface area contributed by atoms with Gasteiger partial charge in [0.1, 0.15) is 0 Å². The van der Waals surface area contributed by atoms with Gasteiger partial charge < -0.3 is 5.11 Å². The van der Waals surface area contributed by atoms with Gasteiger partial charge in [-0.15, -0.1) is 0 Å². The summed E-state index contributed by atoms with van der Waals surface area (Å²) in [7, 11) is 0. The molecule has 4 rings (SSSR count). The first-order chi connectivity index (χ1) is 14.0. The van der Waals surface area contributed by atoms with E-state index in [0.717, 1.165) is 25.2 Å². The molecule has 7 atom stereocenters. The van der Waals surface area contributed by atoms with Gasteiger partial charge in [0.05, 0.1) is 6.10 Å². The second kappa shape index (κ2) is 7.65. The number of rotatable bonds is 5. The fourth-order valence-corrected chi connectivity index (χ4v) is 8.07. The van der Waals surface area contributed by atoms with Crippen LogP contribution in [0.25, 0.3) is 0 Å². The Bertz CT molecular complexity index is 756. The first-order valence-corrected chi connectivity index (χ1v) is 12.8. The Morgan fingerprint density at radius 3 is 2.57 bits per heavy atom. The molecule has 0 radical (unpaired) electrons. The van der Waals surface area contributed by atoms with Crippen LogP contribution in [0.15, 0.2) is 35.5 Å². The Morgan fingerprint density at radius 2 is 1.87 bits per heavy atom. The largest absolute Gasteiger partial charge is 0.393 e. The Balaban J connectivity index is 1.58. The van der Waals surface area contributed by atoms with E-state index < -0.39 is 0 Å². The Kier molecular flexibility index (Phi) is 5.70. The molecular formula is C29H46O. The lowest BCUT2D eigenvalue weighted by atomic mass is 9.46. The van der Waals surface area contributed by atoms with Gasteiger partial charge in [-0.2, -0.15) is 0 Å². The van der Waals surface area contributed by atoms with Crippen molar-refractivity contribution in [2.24, 2.45) is 39.9 Å². The van der Waals surface area contributed by atoms with Crippen molar-refractivity contribution in [2.45, 2.75) is 105 Å². The number of aliphatic hydroxyl groups excluding tert-OH is 1. The van der Waals surface area contributed by atoms with Crippen molar-refractivity contribution in [2.75, 3.05) is 0 Å². The van der Waals surface area contributed by atoms with E-state index in [4.69, 9.17) is 0 Å². The lowest BCUT2D eigenvalue weighted by Crippen LogP contribution is -2.50. The zero-order chi connectivity index (χ0) is 21.9. The molecule has 2 saturated carbocycles. The quantitative estimate of drug-likeness (QED) is 0.457. The SMILES string of the molecule is C=C(CCC[C@H]1CC[C@@]2(C)C3=CCC4C(C)[C@H](O)CC[C@]4(C)C3=CC[C@]12C)C(C)C. The van der Waals surface area contributed by atoms with Crippen LogP contribution in [0.1, 0.15) is 99.3 Å². The molecule has 30 heavy (non-hydrogen) atoms. The summed E-state index contributed by atoms with van der Waals surface area (Å²) in [5.74, 6) is 2.46. The smallest absolute Gasteiger partial charge is 0.0569 e. The molecular weight excluding hydrogens is 364 g/mol. The zero-order valence-corrected chi connectivity index (χ0v) is 20.6. The monoisotopic (exact) mass is 410 g/mol. The molecule has 0 aromatic carbocycles. The van der Waals surface area contributed by atoms with Crippen molar-refractivity contribution in [3.63, 3.8) is 0 Å². The summed E-state index contributed by atoms with van der Waals surface area (Å²) in [5.41, 5.74) is 5.78. The fraction of sp³-hybridized carbons (Fsp3) is 0.793. The molecule has 1 nitrogen and oxygen atoms in total. The molecule has 4 aliphatic carbocycles. The van der Waals surface area contributed by atoms with E-state index in [2.05, 4.69) is 60.3 Å². The van der Waals surface area contributed by atoms with E-state index in [0.29, 0.717) is 28.6 Å². The van der Waals surface area contributed by atoms with E-state index in [9.17, 15) is 5.11 Å². The standard InChI is InChI=1S/C29H46O/c1-19(2)20(3)9-8-10-22-13-17-29(7)25-12-11-23-21(4)26(30)15-16-27(23,5)24(25)14-18-28(22,29)6/h12,14,19,21-23,26,30H,3,8-11,13,15-18H2,1-2,4-7H3/t21?,22-,23?,26+,27-,28+,29-/m0/s1. The van der Waals surface area contributed by atoms with E-state index in [1.807, 2.05) is 0 Å². The van der Waals surface area contributed by atoms with E-state index >= 15 is 0 Å². The number of hydrogen-bond donors (Lipinski definition) is 1. The lowest BCUT2D eigenvalue weighted by Gasteiger charge is -2.58. The Hall–Kier alpha value is -0.820. The van der Waals surface area contributed by atoms with Crippen LogP contribution in [0.2, 0.25) is 0 Å². The first-order valence-electron chi connectivity index (χ1n) is 12.8. The third-order valence-corrected chi connectivity index (χ3v) is 10.8. The highest BCUT2D eigenvalue weighted by Gasteiger charge is 2.60. The predicted molar refractivity (Wildman–Crippen MR) is 128 cm³/mol. The minimum Gasteiger partial charge on any atom is -0.393 e. The average Bonchev–Trinajstić information content (AvgIpc) is 2.96. The maximum absolute atomic E-state index is 10.5. The van der Waals surface area contributed by atoms with Gasteiger partial charge in [-0.05, 0) is 109 Å². The Labute approximate surface area is 186 Å². The maximum atomic E-state index is 10.5. The van der Waals surface area contributed by atoms with Gasteiger partial charge in [0.15, 0.2) is 0 Å². The van der Waals surface area contributed by atoms with Gasteiger partial charge in [-0.1, -0.05) is 65.8 Å². The summed E-state index contributed by atoms with van der Waals surface area (Å²) in [6.45, 7) is 18.9. The molecule has 0 heterocycles. The molecule has 0 aliphatic heterocycles. The summed E-state index contributed by atoms with van der Waals surface area (Å²) in [5, 5.41) is 10.5. The summed E-state index contributed by atoms with van der Waals surface area (Å²) in [6, 6.07) is 0. The second-order valence-electron chi connectivity index (χ2n) is 12.4. The van der Waals surface area contributed by atoms with Crippen molar-refractivity contribution in [3.8, 4) is 0 Å². The summed E-state index contributed by atoms with van der Waals surface area (Å²) in [6.07, 6.45) is 16.3. The molecule has 0 aromatic heterocycles. The van der Waals surface area contributed by atoms with E-state index in [-0.39, 0.29) is 11.5 Å². The van der Waals surface area contributed by atoms with Crippen LogP contribution < -0.4 is 0 Å². The second-order valence-corrected chi connectivity index (χ2v) is 12.4. The van der Waals surface area contributed by atoms with Crippen LogP contribution in [0.5, 0.6) is 0 Å². The normalized spacial score (nSPS) is 45.3. The van der Waals surface area contributed by atoms with Crippen molar-refractivity contribution < 1.29 is 5.11 Å². The molecule has 0 amide bonds. The van der Waals surface area contributed by atoms with Crippen LogP contribution in [-0.2, 0) is 0 Å². The average molecular weight is 411 g/mol. The van der Waals surface area contributed by atoms with Crippen LogP contribution in [0.4, 0.5) is 0 Å². The van der Waals surface area contributed by atoms with Gasteiger partial charge in [-0.3, -0.25) is 0 Å². The molecule has 0 spiro atoms. The van der Waals surface area contributed by atoms with E-state index in [1.165, 1.54) is 44.1 Å². The topological polar surface area (TPSA) is 20.2 Å². The van der Waals surface area contributed by atoms with Gasteiger partial charge >= 0.3 is 0 Å².